The largest absolute Gasteiger partial charge is 0.483 e. The summed E-state index contributed by atoms with van der Waals surface area (Å²) in [6, 6.07) is 18.7. The van der Waals surface area contributed by atoms with Gasteiger partial charge in [0.25, 0.3) is 0 Å². The second-order valence-electron chi connectivity index (χ2n) is 5.28. The standard InChI is InChI=1S/C19H16BrNO3/c20-15-7-4-8-16(9-15)21-11-19(18(23)10-17(21)12-22)24-13-14-5-2-1-3-6-14/h1-11,22H,12-13H2. The van der Waals surface area contributed by atoms with Crippen molar-refractivity contribution in [3.8, 4) is 11.4 Å². The fourth-order valence-corrected chi connectivity index (χ4v) is 2.77. The molecule has 0 amide bonds. The molecule has 4 nitrogen and oxygen atoms in total. The number of halogens is 1. The van der Waals surface area contributed by atoms with Crippen LogP contribution in [0.1, 0.15) is 11.3 Å². The number of aromatic nitrogens is 1. The Hall–Kier alpha value is -2.37. The number of pyridine rings is 1. The lowest BCUT2D eigenvalue weighted by molar-refractivity contribution is 0.270. The quantitative estimate of drug-likeness (QED) is 0.728. The van der Waals surface area contributed by atoms with Gasteiger partial charge >= 0.3 is 0 Å². The predicted octanol–water partition coefficient (Wildman–Crippen LogP) is 3.67. The van der Waals surface area contributed by atoms with E-state index in [0.29, 0.717) is 12.3 Å². The first-order chi connectivity index (χ1) is 11.7. The molecule has 0 saturated heterocycles. The van der Waals surface area contributed by atoms with Gasteiger partial charge in [-0.2, -0.15) is 0 Å². The summed E-state index contributed by atoms with van der Waals surface area (Å²) in [7, 11) is 0. The van der Waals surface area contributed by atoms with Crippen LogP contribution in [-0.4, -0.2) is 9.67 Å². The topological polar surface area (TPSA) is 51.5 Å². The average molecular weight is 386 g/mol. The van der Waals surface area contributed by atoms with Crippen molar-refractivity contribution in [1.29, 1.82) is 0 Å². The molecule has 3 aromatic rings. The number of benzene rings is 2. The van der Waals surface area contributed by atoms with Crippen LogP contribution >= 0.6 is 15.9 Å². The molecular formula is C19H16BrNO3. The third-order valence-corrected chi connectivity index (χ3v) is 4.08. The molecule has 0 fully saturated rings. The molecule has 1 heterocycles. The van der Waals surface area contributed by atoms with Crippen LogP contribution in [0.5, 0.6) is 5.75 Å². The molecule has 0 aliphatic rings. The lowest BCUT2D eigenvalue weighted by atomic mass is 10.2. The molecule has 5 heteroatoms. The monoisotopic (exact) mass is 385 g/mol. The van der Waals surface area contributed by atoms with E-state index < -0.39 is 0 Å². The molecule has 3 rings (SSSR count). The summed E-state index contributed by atoms with van der Waals surface area (Å²) >= 11 is 3.43. The van der Waals surface area contributed by atoms with Crippen LogP contribution in [0.4, 0.5) is 0 Å². The minimum Gasteiger partial charge on any atom is -0.483 e. The van der Waals surface area contributed by atoms with Gasteiger partial charge in [-0.25, -0.2) is 0 Å². The number of hydrogen-bond acceptors (Lipinski definition) is 3. The van der Waals surface area contributed by atoms with Gasteiger partial charge in [-0.05, 0) is 23.8 Å². The first-order valence-electron chi connectivity index (χ1n) is 7.46. The Bertz CT molecular complexity index is 891. The molecule has 0 aliphatic heterocycles. The Balaban J connectivity index is 1.96. The summed E-state index contributed by atoms with van der Waals surface area (Å²) in [5, 5.41) is 9.56. The van der Waals surface area contributed by atoms with Crippen molar-refractivity contribution in [2.75, 3.05) is 0 Å². The van der Waals surface area contributed by atoms with E-state index in [-0.39, 0.29) is 17.8 Å². The normalized spacial score (nSPS) is 10.6. The molecule has 0 aliphatic carbocycles. The second kappa shape index (κ2) is 7.47. The smallest absolute Gasteiger partial charge is 0.223 e. The minimum absolute atomic E-state index is 0.235. The van der Waals surface area contributed by atoms with Crippen LogP contribution in [0.3, 0.4) is 0 Å². The van der Waals surface area contributed by atoms with Crippen LogP contribution in [0.2, 0.25) is 0 Å². The third-order valence-electron chi connectivity index (χ3n) is 3.58. The highest BCUT2D eigenvalue weighted by Gasteiger charge is 2.09. The number of aliphatic hydroxyl groups excluding tert-OH is 1. The van der Waals surface area contributed by atoms with Crippen LogP contribution in [0, 0.1) is 0 Å². The van der Waals surface area contributed by atoms with Gasteiger partial charge in [0.15, 0.2) is 5.75 Å². The van der Waals surface area contributed by atoms with Gasteiger partial charge in [-0.1, -0.05) is 52.3 Å². The number of nitrogens with zero attached hydrogens (tertiary/aromatic N) is 1. The maximum Gasteiger partial charge on any atom is 0.223 e. The van der Waals surface area contributed by atoms with Gasteiger partial charge in [0, 0.05) is 16.2 Å². The molecular weight excluding hydrogens is 370 g/mol. The summed E-state index contributed by atoms with van der Waals surface area (Å²) in [6.45, 7) is 0.0771. The second-order valence-corrected chi connectivity index (χ2v) is 6.19. The zero-order chi connectivity index (χ0) is 16.9. The Morgan fingerprint density at radius 3 is 2.54 bits per heavy atom. The average Bonchev–Trinajstić information content (AvgIpc) is 2.61. The van der Waals surface area contributed by atoms with E-state index >= 15 is 0 Å². The number of aliphatic hydroxyl groups is 1. The van der Waals surface area contributed by atoms with Gasteiger partial charge in [-0.3, -0.25) is 4.79 Å². The van der Waals surface area contributed by atoms with Crippen molar-refractivity contribution < 1.29 is 9.84 Å². The van der Waals surface area contributed by atoms with Crippen molar-refractivity contribution in [3.05, 3.63) is 92.8 Å². The van der Waals surface area contributed by atoms with Crippen molar-refractivity contribution in [2.45, 2.75) is 13.2 Å². The summed E-state index contributed by atoms with van der Waals surface area (Å²) in [6.07, 6.45) is 1.62. The summed E-state index contributed by atoms with van der Waals surface area (Å²) in [4.78, 5) is 12.2. The highest BCUT2D eigenvalue weighted by Crippen LogP contribution is 2.19. The molecule has 0 radical (unpaired) electrons. The molecule has 2 aromatic carbocycles. The van der Waals surface area contributed by atoms with Crippen molar-refractivity contribution >= 4 is 15.9 Å². The summed E-state index contributed by atoms with van der Waals surface area (Å²) < 4.78 is 8.36. The Kier molecular flexibility index (Phi) is 5.13. The van der Waals surface area contributed by atoms with Crippen molar-refractivity contribution in [3.63, 3.8) is 0 Å². The van der Waals surface area contributed by atoms with Crippen LogP contribution < -0.4 is 10.2 Å². The predicted molar refractivity (Wildman–Crippen MR) is 96.4 cm³/mol. The highest BCUT2D eigenvalue weighted by molar-refractivity contribution is 9.10. The van der Waals surface area contributed by atoms with Gasteiger partial charge in [0.2, 0.25) is 5.43 Å². The summed E-state index contributed by atoms with van der Waals surface area (Å²) in [5.74, 6) is 0.246. The third kappa shape index (κ3) is 3.75. The van der Waals surface area contributed by atoms with Gasteiger partial charge in [0.1, 0.15) is 6.61 Å². The lowest BCUT2D eigenvalue weighted by Gasteiger charge is -2.15. The van der Waals surface area contributed by atoms with Crippen molar-refractivity contribution in [2.24, 2.45) is 0 Å². The van der Waals surface area contributed by atoms with E-state index in [2.05, 4.69) is 15.9 Å². The van der Waals surface area contributed by atoms with E-state index in [1.54, 1.807) is 10.8 Å². The molecule has 1 aromatic heterocycles. The fraction of sp³-hybridized carbons (Fsp3) is 0.105. The van der Waals surface area contributed by atoms with E-state index in [1.165, 1.54) is 6.07 Å². The van der Waals surface area contributed by atoms with Crippen LogP contribution in [-0.2, 0) is 13.2 Å². The molecule has 24 heavy (non-hydrogen) atoms. The lowest BCUT2D eigenvalue weighted by Crippen LogP contribution is -2.14. The maximum atomic E-state index is 12.2. The Morgan fingerprint density at radius 2 is 1.83 bits per heavy atom. The number of ether oxygens (including phenoxy) is 1. The Labute approximate surface area is 148 Å². The molecule has 0 spiro atoms. The summed E-state index contributed by atoms with van der Waals surface area (Å²) in [5.41, 5.74) is 2.07. The van der Waals surface area contributed by atoms with E-state index in [1.807, 2.05) is 54.6 Å². The van der Waals surface area contributed by atoms with Gasteiger partial charge < -0.3 is 14.4 Å². The first kappa shape index (κ1) is 16.5. The number of hydrogen-bond donors (Lipinski definition) is 1. The van der Waals surface area contributed by atoms with Gasteiger partial charge in [0.05, 0.1) is 18.5 Å². The molecule has 0 saturated carbocycles. The zero-order valence-electron chi connectivity index (χ0n) is 12.9. The molecule has 0 bridgehead atoms. The number of rotatable bonds is 5. The first-order valence-corrected chi connectivity index (χ1v) is 8.26. The highest BCUT2D eigenvalue weighted by atomic mass is 79.9. The maximum absolute atomic E-state index is 12.2. The van der Waals surface area contributed by atoms with Crippen molar-refractivity contribution in [1.82, 2.24) is 4.57 Å². The molecule has 0 unspecified atom stereocenters. The van der Waals surface area contributed by atoms with E-state index in [0.717, 1.165) is 15.7 Å². The molecule has 1 N–H and O–H groups in total. The van der Waals surface area contributed by atoms with Crippen LogP contribution in [0.15, 0.2) is 76.1 Å². The van der Waals surface area contributed by atoms with Gasteiger partial charge in [-0.15, -0.1) is 0 Å². The van der Waals surface area contributed by atoms with Crippen LogP contribution in [0.25, 0.3) is 5.69 Å². The SMILES string of the molecule is O=c1cc(CO)n(-c2cccc(Br)c2)cc1OCc1ccccc1. The zero-order valence-corrected chi connectivity index (χ0v) is 14.4. The fourth-order valence-electron chi connectivity index (χ4n) is 2.39. The Morgan fingerprint density at radius 1 is 1.04 bits per heavy atom. The minimum atomic E-state index is -0.249. The van der Waals surface area contributed by atoms with E-state index in [9.17, 15) is 9.90 Å². The molecule has 0 atom stereocenters. The van der Waals surface area contributed by atoms with E-state index in [4.69, 9.17) is 4.74 Å². The molecule has 122 valence electrons.